The lowest BCUT2D eigenvalue weighted by molar-refractivity contribution is -0.161. The molecule has 2 heterocycles. The second kappa shape index (κ2) is 40.8. The highest BCUT2D eigenvalue weighted by atomic mass is 31.3. The standard InChI is InChI=1S/C54H93N3O16P2/c1-4-5-35-45(58)36-31-27-23-19-15-12-13-17-21-25-29-33-38-50(60)71-46(41-68-49(59)37-32-28-24-20-16-11-9-7-6-8-10-14-18-22-26-30-34-44(2)3)42-69-74(64,65)73-75(66,67)70-43-47-51(61)52(62)53(72-47)57-40-39-48(55)56-54(57)63/h12-13,19,21,23,25,31,36,39-40,44-47,51-53,58,61-62H,4-11,14-18,20,22,24,26-30,32-35,37-38,41-43H2,1-3H3,(H,64,65)(H,66,67)(H2,55,56,63)/b13-12-,23-19-,25-21-,36-31-/t45-,46-,47-,51-,52-,53-/m1/s1. The molecule has 0 amide bonds. The zero-order valence-corrected chi connectivity index (χ0v) is 46.9. The van der Waals surface area contributed by atoms with E-state index in [0.717, 1.165) is 74.5 Å². The Morgan fingerprint density at radius 1 is 0.720 bits per heavy atom. The molecule has 1 aliphatic heterocycles. The van der Waals surface area contributed by atoms with E-state index in [1.54, 1.807) is 0 Å². The smallest absolute Gasteiger partial charge is 0.462 e. The summed E-state index contributed by atoms with van der Waals surface area (Å²) in [7, 11) is -10.9. The molecule has 2 rings (SSSR count). The van der Waals surface area contributed by atoms with Crippen molar-refractivity contribution >= 4 is 33.4 Å². The predicted octanol–water partition coefficient (Wildman–Crippen LogP) is 10.9. The number of hydrogen-bond donors (Lipinski definition) is 6. The quantitative estimate of drug-likeness (QED) is 0.0153. The van der Waals surface area contributed by atoms with Crippen LogP contribution in [0, 0.1) is 5.92 Å². The molecule has 430 valence electrons. The molecule has 8 atom stereocenters. The minimum absolute atomic E-state index is 0.0422. The number of carbonyl (C=O) groups is 2. The summed E-state index contributed by atoms with van der Waals surface area (Å²) in [5.41, 5.74) is 4.59. The van der Waals surface area contributed by atoms with Crippen LogP contribution in [0.2, 0.25) is 0 Å². The van der Waals surface area contributed by atoms with Crippen LogP contribution in [0.5, 0.6) is 0 Å². The first-order valence-electron chi connectivity index (χ1n) is 27.6. The maximum atomic E-state index is 12.9. The van der Waals surface area contributed by atoms with E-state index in [1.807, 2.05) is 42.5 Å². The number of phosphoric ester groups is 2. The number of esters is 2. The van der Waals surface area contributed by atoms with Gasteiger partial charge in [0.1, 0.15) is 30.7 Å². The van der Waals surface area contributed by atoms with E-state index < -0.39 is 89.8 Å². The highest BCUT2D eigenvalue weighted by molar-refractivity contribution is 7.61. The van der Waals surface area contributed by atoms with Crippen LogP contribution < -0.4 is 11.4 Å². The number of ether oxygens (including phenoxy) is 3. The Balaban J connectivity index is 1.79. The van der Waals surface area contributed by atoms with Gasteiger partial charge in [0.15, 0.2) is 12.3 Å². The number of unbranched alkanes of at least 4 members (excludes halogenated alkanes) is 17. The van der Waals surface area contributed by atoms with E-state index in [0.29, 0.717) is 25.7 Å². The number of nitrogens with zero attached hydrogens (tertiary/aromatic N) is 2. The first kappa shape index (κ1) is 67.8. The highest BCUT2D eigenvalue weighted by Gasteiger charge is 2.46. The van der Waals surface area contributed by atoms with E-state index in [4.69, 9.17) is 29.0 Å². The first-order valence-corrected chi connectivity index (χ1v) is 30.6. The van der Waals surface area contributed by atoms with Crippen molar-refractivity contribution in [3.8, 4) is 0 Å². The molecule has 1 fully saturated rings. The number of phosphoric acid groups is 2. The molecule has 1 aromatic heterocycles. The Kier molecular flexibility index (Phi) is 36.9. The summed E-state index contributed by atoms with van der Waals surface area (Å²) in [5.74, 6) is -0.577. The number of anilines is 1. The Labute approximate surface area is 446 Å². The molecular weight excluding hydrogens is 1010 g/mol. The molecule has 0 bridgehead atoms. The predicted molar refractivity (Wildman–Crippen MR) is 290 cm³/mol. The molecule has 1 aromatic rings. The highest BCUT2D eigenvalue weighted by Crippen LogP contribution is 2.60. The fraction of sp³-hybridized carbons (Fsp3) is 0.741. The van der Waals surface area contributed by atoms with Crippen LogP contribution in [-0.4, -0.2) is 96.9 Å². The van der Waals surface area contributed by atoms with E-state index >= 15 is 0 Å². The number of nitrogen functional groups attached to an aromatic ring is 1. The zero-order chi connectivity index (χ0) is 55.2. The van der Waals surface area contributed by atoms with E-state index in [9.17, 15) is 48.6 Å². The van der Waals surface area contributed by atoms with Crippen LogP contribution in [-0.2, 0) is 46.3 Å². The average molecular weight is 1100 g/mol. The summed E-state index contributed by atoms with van der Waals surface area (Å²) < 4.78 is 56.8. The van der Waals surface area contributed by atoms with Gasteiger partial charge in [-0.05, 0) is 56.9 Å². The minimum Gasteiger partial charge on any atom is -0.462 e. The molecule has 0 spiro atoms. The van der Waals surface area contributed by atoms with Gasteiger partial charge in [0.2, 0.25) is 0 Å². The van der Waals surface area contributed by atoms with Crippen molar-refractivity contribution in [3.63, 3.8) is 0 Å². The third-order valence-corrected chi connectivity index (χ3v) is 15.0. The lowest BCUT2D eigenvalue weighted by Gasteiger charge is -2.21. The van der Waals surface area contributed by atoms with Gasteiger partial charge in [-0.3, -0.25) is 23.2 Å². The third kappa shape index (κ3) is 34.2. The van der Waals surface area contributed by atoms with Crippen molar-refractivity contribution in [1.29, 1.82) is 0 Å². The number of aromatic nitrogens is 2. The van der Waals surface area contributed by atoms with E-state index in [2.05, 4.69) is 36.1 Å². The SMILES string of the molecule is CCCC[C@@H](O)/C=C\C/C=C\C/C=C\C/C=C\CCCC(=O)O[C@H](COC(=O)CCCCCCCCCCCCCCCCCCC(C)C)COP(=O)(O)OP(=O)(O)OC[C@H]1O[C@@H](n2ccc(N)nc2=O)[C@H](O)[C@@H]1O. The first-order chi connectivity index (χ1) is 35.9. The largest absolute Gasteiger partial charge is 0.481 e. The molecule has 19 nitrogen and oxygen atoms in total. The van der Waals surface area contributed by atoms with Gasteiger partial charge in [-0.15, -0.1) is 0 Å². The number of aliphatic hydroxyl groups is 3. The molecule has 0 saturated carbocycles. The lowest BCUT2D eigenvalue weighted by Crippen LogP contribution is -2.36. The molecule has 0 aromatic carbocycles. The van der Waals surface area contributed by atoms with Crippen LogP contribution in [0.25, 0.3) is 0 Å². The second-order valence-electron chi connectivity index (χ2n) is 19.7. The summed E-state index contributed by atoms with van der Waals surface area (Å²) in [6.45, 7) is 4.30. The molecule has 1 aliphatic rings. The maximum Gasteiger partial charge on any atom is 0.481 e. The van der Waals surface area contributed by atoms with E-state index in [-0.39, 0.29) is 18.7 Å². The summed E-state index contributed by atoms with van der Waals surface area (Å²) in [4.78, 5) is 62.0. The van der Waals surface area contributed by atoms with Crippen molar-refractivity contribution in [2.24, 2.45) is 5.92 Å². The number of nitrogens with two attached hydrogens (primary N) is 1. The summed E-state index contributed by atoms with van der Waals surface area (Å²) >= 11 is 0. The van der Waals surface area contributed by atoms with Gasteiger partial charge in [0.05, 0.1) is 19.3 Å². The van der Waals surface area contributed by atoms with Crippen LogP contribution in [0.1, 0.15) is 200 Å². The lowest BCUT2D eigenvalue weighted by atomic mass is 10.0. The van der Waals surface area contributed by atoms with Gasteiger partial charge in [-0.2, -0.15) is 9.29 Å². The monoisotopic (exact) mass is 1100 g/mol. The Morgan fingerprint density at radius 2 is 1.25 bits per heavy atom. The minimum atomic E-state index is -5.45. The number of aliphatic hydroxyl groups excluding tert-OH is 3. The van der Waals surface area contributed by atoms with Crippen LogP contribution in [0.15, 0.2) is 65.7 Å². The third-order valence-electron chi connectivity index (χ3n) is 12.4. The summed E-state index contributed by atoms with van der Waals surface area (Å²) in [6, 6.07) is 1.24. The van der Waals surface area contributed by atoms with E-state index in [1.165, 1.54) is 83.1 Å². The van der Waals surface area contributed by atoms with Gasteiger partial charge in [0.25, 0.3) is 0 Å². The fourth-order valence-electron chi connectivity index (χ4n) is 8.10. The van der Waals surface area contributed by atoms with Crippen molar-refractivity contribution in [3.05, 3.63) is 71.4 Å². The topological polar surface area (TPSA) is 286 Å². The molecule has 1 saturated heterocycles. The average Bonchev–Trinajstić information content (AvgIpc) is 3.63. The number of allylic oxidation sites excluding steroid dienone is 7. The number of hydrogen-bond acceptors (Lipinski definition) is 16. The number of carbonyl (C=O) groups excluding carboxylic acids is 2. The fourth-order valence-corrected chi connectivity index (χ4v) is 10.2. The molecular formula is C54H93N3O16P2. The maximum absolute atomic E-state index is 12.9. The van der Waals surface area contributed by atoms with Gasteiger partial charge >= 0.3 is 33.3 Å². The van der Waals surface area contributed by atoms with Gasteiger partial charge in [-0.1, -0.05) is 185 Å². The molecule has 0 radical (unpaired) electrons. The molecule has 21 heteroatoms. The van der Waals surface area contributed by atoms with Crippen molar-refractivity contribution in [2.75, 3.05) is 25.6 Å². The molecule has 75 heavy (non-hydrogen) atoms. The second-order valence-corrected chi connectivity index (χ2v) is 22.8. The van der Waals surface area contributed by atoms with Crippen molar-refractivity contribution < 1.29 is 71.4 Å². The molecule has 7 N–H and O–H groups in total. The Bertz CT molecular complexity index is 1980. The zero-order valence-electron chi connectivity index (χ0n) is 45.1. The Hall–Kier alpha value is -3.32. The van der Waals surface area contributed by atoms with Crippen LogP contribution in [0.3, 0.4) is 0 Å². The van der Waals surface area contributed by atoms with Gasteiger partial charge in [0, 0.05) is 19.0 Å². The van der Waals surface area contributed by atoms with Gasteiger partial charge < -0.3 is 45.1 Å². The number of rotatable bonds is 45. The molecule has 0 aliphatic carbocycles. The van der Waals surface area contributed by atoms with Crippen molar-refractivity contribution in [1.82, 2.24) is 9.55 Å². The summed E-state index contributed by atoms with van der Waals surface area (Å²) in [5, 5.41) is 30.8. The van der Waals surface area contributed by atoms with Crippen LogP contribution >= 0.6 is 15.6 Å². The van der Waals surface area contributed by atoms with Crippen molar-refractivity contribution in [2.45, 2.75) is 231 Å². The Morgan fingerprint density at radius 3 is 1.83 bits per heavy atom. The molecule has 2 unspecified atom stereocenters. The van der Waals surface area contributed by atoms with Gasteiger partial charge in [-0.25, -0.2) is 13.9 Å². The normalized spacial score (nSPS) is 19.6. The van der Waals surface area contributed by atoms with Crippen LogP contribution in [0.4, 0.5) is 5.82 Å². The summed E-state index contributed by atoms with van der Waals surface area (Å²) in [6.07, 6.45) is 35.3.